The van der Waals surface area contributed by atoms with Crippen LogP contribution < -0.4 is 10.6 Å². The van der Waals surface area contributed by atoms with Gasteiger partial charge in [-0.05, 0) is 22.0 Å². The number of nitrogens with two attached hydrogens (primary N) is 1. The Kier molecular flexibility index (Phi) is 3.56. The van der Waals surface area contributed by atoms with Gasteiger partial charge in [0, 0.05) is 29.5 Å². The molecule has 6 nitrogen and oxygen atoms in total. The predicted octanol–water partition coefficient (Wildman–Crippen LogP) is 2.07. The van der Waals surface area contributed by atoms with E-state index >= 15 is 0 Å². The van der Waals surface area contributed by atoms with Crippen LogP contribution in [-0.2, 0) is 4.79 Å². The maximum atomic E-state index is 11.7. The van der Waals surface area contributed by atoms with Gasteiger partial charge in [0.2, 0.25) is 5.91 Å². The van der Waals surface area contributed by atoms with E-state index < -0.39 is 4.92 Å². The van der Waals surface area contributed by atoms with Crippen LogP contribution in [0.25, 0.3) is 0 Å². The largest absolute Gasteiger partial charge is 0.326 e. The highest BCUT2D eigenvalue weighted by molar-refractivity contribution is 9.10. The zero-order valence-corrected chi connectivity index (χ0v) is 11.4. The van der Waals surface area contributed by atoms with Crippen LogP contribution in [0.1, 0.15) is 6.42 Å². The van der Waals surface area contributed by atoms with Crippen molar-refractivity contribution < 1.29 is 9.72 Å². The van der Waals surface area contributed by atoms with Crippen molar-refractivity contribution in [1.82, 2.24) is 0 Å². The molecule has 1 aromatic carbocycles. The van der Waals surface area contributed by atoms with E-state index in [-0.39, 0.29) is 36.3 Å². The molecule has 1 aliphatic rings. The van der Waals surface area contributed by atoms with E-state index in [1.807, 2.05) is 0 Å². The standard InChI is InChI=1S/C10H9BrClN3O3/c11-6-2-9(15(17)18)8(3-7(6)12)14-4-5(13)1-10(14)16/h2-3,5H,1,4,13H2. The van der Waals surface area contributed by atoms with Gasteiger partial charge < -0.3 is 10.6 Å². The fraction of sp³-hybridized carbons (Fsp3) is 0.300. The van der Waals surface area contributed by atoms with E-state index in [4.69, 9.17) is 17.3 Å². The molecule has 8 heteroatoms. The normalized spacial score (nSPS) is 19.4. The summed E-state index contributed by atoms with van der Waals surface area (Å²) in [4.78, 5) is 23.5. The van der Waals surface area contributed by atoms with Gasteiger partial charge in [0.15, 0.2) is 0 Å². The average Bonchev–Trinajstić information content (AvgIpc) is 2.61. The Hall–Kier alpha value is -1.18. The number of amides is 1. The van der Waals surface area contributed by atoms with E-state index in [1.165, 1.54) is 17.0 Å². The summed E-state index contributed by atoms with van der Waals surface area (Å²) in [5, 5.41) is 11.3. The van der Waals surface area contributed by atoms with E-state index in [2.05, 4.69) is 15.9 Å². The molecule has 1 aliphatic heterocycles. The van der Waals surface area contributed by atoms with Gasteiger partial charge in [0.1, 0.15) is 5.69 Å². The Morgan fingerprint density at radius 2 is 2.22 bits per heavy atom. The number of nitrogens with zero attached hydrogens (tertiary/aromatic N) is 2. The van der Waals surface area contributed by atoms with Crippen LogP contribution in [-0.4, -0.2) is 23.4 Å². The minimum atomic E-state index is -0.548. The number of hydrogen-bond donors (Lipinski definition) is 1. The third kappa shape index (κ3) is 2.33. The molecule has 2 rings (SSSR count). The molecule has 0 aromatic heterocycles. The van der Waals surface area contributed by atoms with Gasteiger partial charge in [0.05, 0.1) is 9.95 Å². The number of rotatable bonds is 2. The van der Waals surface area contributed by atoms with Gasteiger partial charge in [-0.3, -0.25) is 14.9 Å². The van der Waals surface area contributed by atoms with Crippen molar-refractivity contribution in [2.24, 2.45) is 5.73 Å². The van der Waals surface area contributed by atoms with Gasteiger partial charge in [-0.15, -0.1) is 0 Å². The van der Waals surface area contributed by atoms with Crippen molar-refractivity contribution in [3.63, 3.8) is 0 Å². The molecule has 0 saturated carbocycles. The lowest BCUT2D eigenvalue weighted by molar-refractivity contribution is -0.384. The molecule has 2 N–H and O–H groups in total. The lowest BCUT2D eigenvalue weighted by Crippen LogP contribution is -2.28. The van der Waals surface area contributed by atoms with Crippen LogP contribution in [0.2, 0.25) is 5.02 Å². The smallest absolute Gasteiger partial charge is 0.294 e. The summed E-state index contributed by atoms with van der Waals surface area (Å²) in [6.07, 6.45) is 0.185. The summed E-state index contributed by atoms with van der Waals surface area (Å²) >= 11 is 9.03. The Bertz CT molecular complexity index is 537. The van der Waals surface area contributed by atoms with Crippen molar-refractivity contribution in [3.05, 3.63) is 31.7 Å². The van der Waals surface area contributed by atoms with Crippen molar-refractivity contribution >= 4 is 44.8 Å². The van der Waals surface area contributed by atoms with Gasteiger partial charge in [0.25, 0.3) is 5.69 Å². The van der Waals surface area contributed by atoms with E-state index in [0.717, 1.165) is 0 Å². The molecule has 1 saturated heterocycles. The van der Waals surface area contributed by atoms with Gasteiger partial charge in [-0.25, -0.2) is 0 Å². The van der Waals surface area contributed by atoms with E-state index in [9.17, 15) is 14.9 Å². The van der Waals surface area contributed by atoms with Crippen LogP contribution in [0, 0.1) is 10.1 Å². The number of hydrogen-bond acceptors (Lipinski definition) is 4. The number of benzene rings is 1. The fourth-order valence-corrected chi connectivity index (χ4v) is 2.35. The topological polar surface area (TPSA) is 89.5 Å². The van der Waals surface area contributed by atoms with Crippen LogP contribution >= 0.6 is 27.5 Å². The summed E-state index contributed by atoms with van der Waals surface area (Å²) in [6.45, 7) is 0.262. The third-order valence-electron chi connectivity index (χ3n) is 2.66. The third-order valence-corrected chi connectivity index (χ3v) is 3.86. The Morgan fingerprint density at radius 3 is 2.72 bits per heavy atom. The monoisotopic (exact) mass is 333 g/mol. The zero-order valence-electron chi connectivity index (χ0n) is 9.10. The zero-order chi connectivity index (χ0) is 13.4. The minimum absolute atomic E-state index is 0.172. The quantitative estimate of drug-likeness (QED) is 0.662. The second-order valence-corrected chi connectivity index (χ2v) is 5.24. The molecular formula is C10H9BrClN3O3. The molecule has 0 bridgehead atoms. The molecule has 0 spiro atoms. The highest BCUT2D eigenvalue weighted by atomic mass is 79.9. The lowest BCUT2D eigenvalue weighted by Gasteiger charge is -2.16. The van der Waals surface area contributed by atoms with Gasteiger partial charge >= 0.3 is 0 Å². The first-order valence-electron chi connectivity index (χ1n) is 5.09. The summed E-state index contributed by atoms with van der Waals surface area (Å²) in [5.74, 6) is -0.232. The number of carbonyl (C=O) groups excluding carboxylic acids is 1. The number of nitro groups is 1. The van der Waals surface area contributed by atoms with Crippen LogP contribution in [0.15, 0.2) is 16.6 Å². The maximum Gasteiger partial charge on any atom is 0.294 e. The first-order valence-corrected chi connectivity index (χ1v) is 6.26. The fourth-order valence-electron chi connectivity index (χ4n) is 1.86. The molecule has 1 aromatic rings. The summed E-state index contributed by atoms with van der Waals surface area (Å²) in [5.41, 5.74) is 5.69. The van der Waals surface area contributed by atoms with Crippen molar-refractivity contribution in [2.75, 3.05) is 11.4 Å². The number of carbonyl (C=O) groups is 1. The molecule has 0 aliphatic carbocycles. The molecule has 0 radical (unpaired) electrons. The van der Waals surface area contributed by atoms with Crippen LogP contribution in [0.5, 0.6) is 0 Å². The molecule has 1 heterocycles. The Labute approximate surface area is 116 Å². The second-order valence-electron chi connectivity index (χ2n) is 3.98. The number of halogens is 2. The first-order chi connectivity index (χ1) is 8.40. The second kappa shape index (κ2) is 4.83. The number of nitro benzene ring substituents is 1. The molecule has 18 heavy (non-hydrogen) atoms. The van der Waals surface area contributed by atoms with Crippen molar-refractivity contribution in [2.45, 2.75) is 12.5 Å². The van der Waals surface area contributed by atoms with Gasteiger partial charge in [-0.1, -0.05) is 11.6 Å². The van der Waals surface area contributed by atoms with Crippen LogP contribution in [0.3, 0.4) is 0 Å². The predicted molar refractivity (Wildman–Crippen MR) is 70.8 cm³/mol. The SMILES string of the molecule is NC1CC(=O)N(c2cc(Cl)c(Br)cc2[N+](=O)[O-])C1. The van der Waals surface area contributed by atoms with E-state index in [1.54, 1.807) is 0 Å². The molecule has 96 valence electrons. The van der Waals surface area contributed by atoms with Crippen molar-refractivity contribution in [3.8, 4) is 0 Å². The Balaban J connectivity index is 2.52. The molecule has 1 atom stereocenters. The highest BCUT2D eigenvalue weighted by Crippen LogP contribution is 2.37. The minimum Gasteiger partial charge on any atom is -0.326 e. The highest BCUT2D eigenvalue weighted by Gasteiger charge is 2.33. The lowest BCUT2D eigenvalue weighted by atomic mass is 10.2. The summed E-state index contributed by atoms with van der Waals surface area (Å²) in [6, 6.07) is 2.38. The first kappa shape index (κ1) is 13.3. The van der Waals surface area contributed by atoms with Crippen LogP contribution in [0.4, 0.5) is 11.4 Å². The summed E-state index contributed by atoms with van der Waals surface area (Å²) < 4.78 is 0.413. The molecular weight excluding hydrogens is 325 g/mol. The molecule has 1 amide bonds. The Morgan fingerprint density at radius 1 is 1.56 bits per heavy atom. The van der Waals surface area contributed by atoms with Crippen molar-refractivity contribution in [1.29, 1.82) is 0 Å². The number of anilines is 1. The molecule has 1 fully saturated rings. The molecule has 1 unspecified atom stereocenters. The average molecular weight is 335 g/mol. The van der Waals surface area contributed by atoms with E-state index in [0.29, 0.717) is 9.50 Å². The summed E-state index contributed by atoms with van der Waals surface area (Å²) in [7, 11) is 0. The maximum absolute atomic E-state index is 11.7. The van der Waals surface area contributed by atoms with Gasteiger partial charge in [-0.2, -0.15) is 0 Å².